The van der Waals surface area contributed by atoms with Crippen LogP contribution in [-0.4, -0.2) is 49.0 Å². The van der Waals surface area contributed by atoms with E-state index >= 15 is 0 Å². The molecule has 110 valence electrons. The van der Waals surface area contributed by atoms with Crippen molar-refractivity contribution < 1.29 is 13.2 Å². The maximum absolute atomic E-state index is 12.4. The lowest BCUT2D eigenvalue weighted by atomic mass is 9.97. The lowest BCUT2D eigenvalue weighted by molar-refractivity contribution is -0.125. The second-order valence-corrected chi connectivity index (χ2v) is 7.22. The van der Waals surface area contributed by atoms with Gasteiger partial charge in [-0.25, -0.2) is 12.7 Å². The van der Waals surface area contributed by atoms with Gasteiger partial charge >= 0.3 is 0 Å². The molecule has 19 heavy (non-hydrogen) atoms. The van der Waals surface area contributed by atoms with Crippen molar-refractivity contribution in [1.82, 2.24) is 9.62 Å². The van der Waals surface area contributed by atoms with Crippen LogP contribution in [0.5, 0.6) is 0 Å². The first-order valence-corrected chi connectivity index (χ1v) is 8.25. The Morgan fingerprint density at radius 1 is 1.47 bits per heavy atom. The number of hydrogen-bond acceptors (Lipinski definition) is 4. The summed E-state index contributed by atoms with van der Waals surface area (Å²) in [5.41, 5.74) is 5.50. The molecular formula is C11H21N3O3S2. The summed E-state index contributed by atoms with van der Waals surface area (Å²) in [5, 5.41) is 1.79. The summed E-state index contributed by atoms with van der Waals surface area (Å²) in [6.45, 7) is 2.44. The molecule has 0 spiro atoms. The molecule has 1 fully saturated rings. The van der Waals surface area contributed by atoms with E-state index in [1.54, 1.807) is 14.0 Å². The number of hydrogen-bond donors (Lipinski definition) is 2. The van der Waals surface area contributed by atoms with Crippen LogP contribution in [0.4, 0.5) is 0 Å². The fraction of sp³-hybridized carbons (Fsp3) is 0.818. The molecule has 1 aliphatic rings. The van der Waals surface area contributed by atoms with Crippen LogP contribution in [0.3, 0.4) is 0 Å². The topological polar surface area (TPSA) is 92.5 Å². The van der Waals surface area contributed by atoms with Crippen molar-refractivity contribution in [3.63, 3.8) is 0 Å². The van der Waals surface area contributed by atoms with E-state index in [0.29, 0.717) is 32.4 Å². The number of nitrogens with two attached hydrogens (primary N) is 1. The van der Waals surface area contributed by atoms with Gasteiger partial charge in [0.25, 0.3) is 0 Å². The minimum Gasteiger partial charge on any atom is -0.392 e. The number of amides is 1. The zero-order valence-corrected chi connectivity index (χ0v) is 12.9. The molecule has 1 rings (SSSR count). The van der Waals surface area contributed by atoms with Crippen LogP contribution >= 0.6 is 12.2 Å². The van der Waals surface area contributed by atoms with Crippen molar-refractivity contribution in [1.29, 1.82) is 0 Å². The van der Waals surface area contributed by atoms with E-state index in [2.05, 4.69) is 5.32 Å². The van der Waals surface area contributed by atoms with Crippen LogP contribution in [0.25, 0.3) is 0 Å². The molecule has 0 aromatic carbocycles. The van der Waals surface area contributed by atoms with Crippen LogP contribution in [0, 0.1) is 5.92 Å². The van der Waals surface area contributed by atoms with Gasteiger partial charge < -0.3 is 11.1 Å². The monoisotopic (exact) mass is 307 g/mol. The molecule has 1 unspecified atom stereocenters. The zero-order valence-electron chi connectivity index (χ0n) is 11.3. The van der Waals surface area contributed by atoms with Crippen molar-refractivity contribution in [2.45, 2.75) is 31.4 Å². The summed E-state index contributed by atoms with van der Waals surface area (Å²) in [6.07, 6.45) is 1.44. The van der Waals surface area contributed by atoms with Crippen LogP contribution in [-0.2, 0) is 14.8 Å². The average Bonchev–Trinajstić information content (AvgIpc) is 2.38. The highest BCUT2D eigenvalue weighted by atomic mass is 32.2. The number of sulfonamides is 1. The minimum atomic E-state index is -3.49. The number of nitrogens with one attached hydrogen (secondary N) is 1. The summed E-state index contributed by atoms with van der Waals surface area (Å²) >= 11 is 4.82. The van der Waals surface area contributed by atoms with Crippen LogP contribution in [0.2, 0.25) is 0 Å². The predicted molar refractivity (Wildman–Crippen MR) is 78.1 cm³/mol. The third-order valence-electron chi connectivity index (χ3n) is 3.48. The fourth-order valence-electron chi connectivity index (χ4n) is 2.32. The first kappa shape index (κ1) is 16.3. The van der Waals surface area contributed by atoms with E-state index in [-0.39, 0.29) is 16.8 Å². The van der Waals surface area contributed by atoms with Gasteiger partial charge in [0.1, 0.15) is 5.25 Å². The fourth-order valence-corrected chi connectivity index (χ4v) is 4.64. The number of piperidine rings is 1. The Morgan fingerprint density at radius 3 is 2.37 bits per heavy atom. The van der Waals surface area contributed by atoms with Crippen molar-refractivity contribution in [3.05, 3.63) is 0 Å². The minimum absolute atomic E-state index is 0.0101. The van der Waals surface area contributed by atoms with Gasteiger partial charge in [-0.15, -0.1) is 0 Å². The number of carbonyl (C=O) groups excluding carboxylic acids is 1. The molecule has 0 aromatic rings. The Morgan fingerprint density at radius 2 is 2.00 bits per heavy atom. The second-order valence-electron chi connectivity index (χ2n) is 4.63. The maximum Gasteiger partial charge on any atom is 0.223 e. The lowest BCUT2D eigenvalue weighted by Gasteiger charge is -2.32. The van der Waals surface area contributed by atoms with Gasteiger partial charge in [-0.05, 0) is 19.3 Å². The molecule has 1 amide bonds. The summed E-state index contributed by atoms with van der Waals surface area (Å²) in [4.78, 5) is 11.5. The number of nitrogens with zero attached hydrogens (tertiary/aromatic N) is 1. The number of rotatable bonds is 5. The van der Waals surface area contributed by atoms with Gasteiger partial charge in [0.05, 0.1) is 4.99 Å². The maximum atomic E-state index is 12.4. The van der Waals surface area contributed by atoms with Gasteiger partial charge in [-0.2, -0.15) is 0 Å². The Balaban J connectivity index is 2.74. The van der Waals surface area contributed by atoms with E-state index in [0.717, 1.165) is 0 Å². The molecule has 0 bridgehead atoms. The zero-order chi connectivity index (χ0) is 14.6. The average molecular weight is 307 g/mol. The van der Waals surface area contributed by atoms with E-state index in [1.807, 2.05) is 0 Å². The highest BCUT2D eigenvalue weighted by Gasteiger charge is 2.36. The molecule has 0 aliphatic carbocycles. The molecule has 1 saturated heterocycles. The van der Waals surface area contributed by atoms with Gasteiger partial charge in [-0.1, -0.05) is 19.1 Å². The molecule has 1 heterocycles. The molecule has 0 radical (unpaired) electrons. The number of carbonyl (C=O) groups is 1. The van der Waals surface area contributed by atoms with E-state index in [1.165, 1.54) is 4.31 Å². The third-order valence-corrected chi connectivity index (χ3v) is 6.30. The predicted octanol–water partition coefficient (Wildman–Crippen LogP) is -0.161. The van der Waals surface area contributed by atoms with Gasteiger partial charge in [0, 0.05) is 26.1 Å². The summed E-state index contributed by atoms with van der Waals surface area (Å²) in [7, 11) is -1.91. The normalized spacial score (nSPS) is 19.9. The van der Waals surface area contributed by atoms with Gasteiger partial charge in [0.2, 0.25) is 15.9 Å². The molecule has 0 aromatic heterocycles. The highest BCUT2D eigenvalue weighted by Crippen LogP contribution is 2.22. The highest BCUT2D eigenvalue weighted by molar-refractivity contribution is 7.92. The Labute approximate surface area is 119 Å². The van der Waals surface area contributed by atoms with Crippen molar-refractivity contribution >= 4 is 33.1 Å². The van der Waals surface area contributed by atoms with Crippen LogP contribution in [0.15, 0.2) is 0 Å². The molecule has 3 N–H and O–H groups in total. The summed E-state index contributed by atoms with van der Waals surface area (Å²) < 4.78 is 26.1. The first-order valence-electron chi connectivity index (χ1n) is 6.34. The van der Waals surface area contributed by atoms with Crippen molar-refractivity contribution in [2.75, 3.05) is 20.1 Å². The largest absolute Gasteiger partial charge is 0.392 e. The molecular weight excluding hydrogens is 286 g/mol. The van der Waals surface area contributed by atoms with Crippen molar-refractivity contribution in [3.8, 4) is 0 Å². The Kier molecular flexibility index (Phi) is 5.69. The molecule has 8 heteroatoms. The second kappa shape index (κ2) is 6.62. The Hall–Kier alpha value is -0.730. The summed E-state index contributed by atoms with van der Waals surface area (Å²) in [6, 6.07) is 0. The van der Waals surface area contributed by atoms with E-state index < -0.39 is 15.3 Å². The van der Waals surface area contributed by atoms with Gasteiger partial charge in [-0.3, -0.25) is 4.79 Å². The number of thiocarbonyl (C=S) groups is 1. The van der Waals surface area contributed by atoms with E-state index in [4.69, 9.17) is 18.0 Å². The molecule has 6 nitrogen and oxygen atoms in total. The van der Waals surface area contributed by atoms with Crippen molar-refractivity contribution in [2.24, 2.45) is 11.7 Å². The SMILES string of the molecule is CCC(C(N)=S)S(=O)(=O)N1CCC(C(=O)NC)CC1. The van der Waals surface area contributed by atoms with E-state index in [9.17, 15) is 13.2 Å². The van der Waals surface area contributed by atoms with Gasteiger partial charge in [0.15, 0.2) is 0 Å². The van der Waals surface area contributed by atoms with Crippen LogP contribution < -0.4 is 11.1 Å². The molecule has 1 aliphatic heterocycles. The quantitative estimate of drug-likeness (QED) is 0.689. The molecule has 1 atom stereocenters. The lowest BCUT2D eigenvalue weighted by Crippen LogP contribution is -2.48. The first-order chi connectivity index (χ1) is 8.84. The van der Waals surface area contributed by atoms with Crippen LogP contribution in [0.1, 0.15) is 26.2 Å². The summed E-state index contributed by atoms with van der Waals surface area (Å²) in [5.74, 6) is -0.139. The smallest absolute Gasteiger partial charge is 0.223 e. The Bertz CT molecular complexity index is 442. The standard InChI is InChI=1S/C11H21N3O3S2/c1-3-9(10(12)18)19(16,17)14-6-4-8(5-7-14)11(15)13-2/h8-9H,3-7H2,1-2H3,(H2,12,18)(H,13,15). The third kappa shape index (κ3) is 3.64. The molecule has 0 saturated carbocycles.